The molecule has 1 aromatic heterocycles. The lowest BCUT2D eigenvalue weighted by molar-refractivity contribution is -0.116. The Balaban J connectivity index is 1.92. The van der Waals surface area contributed by atoms with Gasteiger partial charge >= 0.3 is 0 Å². The third-order valence-electron chi connectivity index (χ3n) is 4.03. The quantitative estimate of drug-likeness (QED) is 0.757. The zero-order valence-electron chi connectivity index (χ0n) is 12.1. The average molecular weight is 309 g/mol. The van der Waals surface area contributed by atoms with E-state index in [2.05, 4.69) is 45.9 Å². The zero-order chi connectivity index (χ0) is 15.1. The van der Waals surface area contributed by atoms with Crippen molar-refractivity contribution in [1.29, 1.82) is 0 Å². The van der Waals surface area contributed by atoms with E-state index in [1.54, 1.807) is 11.3 Å². The van der Waals surface area contributed by atoms with Crippen molar-refractivity contribution in [2.24, 2.45) is 0 Å². The molecule has 2 aromatic carbocycles. The van der Waals surface area contributed by atoms with E-state index in [9.17, 15) is 4.79 Å². The molecule has 0 spiro atoms. The highest BCUT2D eigenvalue weighted by molar-refractivity contribution is 7.16. The molecule has 5 heteroatoms. The van der Waals surface area contributed by atoms with Gasteiger partial charge in [0.25, 0.3) is 0 Å². The third kappa shape index (κ3) is 2.05. The summed E-state index contributed by atoms with van der Waals surface area (Å²) in [5, 5.41) is 9.18. The van der Waals surface area contributed by atoms with E-state index < -0.39 is 0 Å². The van der Waals surface area contributed by atoms with E-state index >= 15 is 0 Å². The lowest BCUT2D eigenvalue weighted by Crippen LogP contribution is -2.22. The molecule has 22 heavy (non-hydrogen) atoms. The monoisotopic (exact) mass is 309 g/mol. The van der Waals surface area contributed by atoms with Crippen molar-refractivity contribution in [2.75, 3.05) is 17.7 Å². The smallest absolute Gasteiger partial charge is 0.226 e. The molecule has 3 aromatic rings. The van der Waals surface area contributed by atoms with Crippen LogP contribution in [-0.4, -0.2) is 17.9 Å². The molecule has 4 rings (SSSR count). The molecule has 0 saturated heterocycles. The highest BCUT2D eigenvalue weighted by Gasteiger charge is 2.31. The fourth-order valence-electron chi connectivity index (χ4n) is 3.03. The van der Waals surface area contributed by atoms with Crippen molar-refractivity contribution in [2.45, 2.75) is 12.3 Å². The maximum atomic E-state index is 12.1. The average Bonchev–Trinajstić information content (AvgIpc) is 2.96. The summed E-state index contributed by atoms with van der Waals surface area (Å²) in [6.07, 6.45) is 0.465. The van der Waals surface area contributed by atoms with E-state index in [1.165, 1.54) is 16.3 Å². The molecular weight excluding hydrogens is 294 g/mol. The number of carbonyl (C=O) groups excluding carboxylic acids is 1. The van der Waals surface area contributed by atoms with Crippen molar-refractivity contribution < 1.29 is 4.79 Å². The summed E-state index contributed by atoms with van der Waals surface area (Å²) in [7, 11) is 1.85. The van der Waals surface area contributed by atoms with Gasteiger partial charge in [-0.05, 0) is 16.3 Å². The van der Waals surface area contributed by atoms with Gasteiger partial charge < -0.3 is 10.6 Å². The number of nitrogens with zero attached hydrogens (tertiary/aromatic N) is 1. The summed E-state index contributed by atoms with van der Waals surface area (Å²) < 4.78 is 0. The molecule has 1 amide bonds. The summed E-state index contributed by atoms with van der Waals surface area (Å²) in [5.41, 5.74) is 1.19. The SMILES string of the molecule is CNc1nc2c(s1)C(c1cccc3ccccc13)CC(=O)N2. The van der Waals surface area contributed by atoms with Crippen molar-refractivity contribution in [3.05, 3.63) is 52.9 Å². The van der Waals surface area contributed by atoms with E-state index in [4.69, 9.17) is 0 Å². The van der Waals surface area contributed by atoms with Crippen LogP contribution in [0.1, 0.15) is 22.8 Å². The Kier molecular flexibility index (Phi) is 3.08. The molecule has 1 unspecified atom stereocenters. The molecule has 1 aliphatic heterocycles. The van der Waals surface area contributed by atoms with Gasteiger partial charge in [-0.3, -0.25) is 4.79 Å². The first kappa shape index (κ1) is 13.3. The van der Waals surface area contributed by atoms with Gasteiger partial charge in [-0.25, -0.2) is 4.98 Å². The number of amides is 1. The van der Waals surface area contributed by atoms with E-state index in [1.807, 2.05) is 19.2 Å². The van der Waals surface area contributed by atoms with Crippen LogP contribution in [0, 0.1) is 0 Å². The predicted octanol–water partition coefficient (Wildman–Crippen LogP) is 3.81. The van der Waals surface area contributed by atoms with Gasteiger partial charge in [0.15, 0.2) is 5.13 Å². The first-order chi connectivity index (χ1) is 10.8. The van der Waals surface area contributed by atoms with E-state index in [0.717, 1.165) is 10.0 Å². The van der Waals surface area contributed by atoms with Crippen LogP contribution >= 0.6 is 11.3 Å². The summed E-state index contributed by atoms with van der Waals surface area (Å²) >= 11 is 1.61. The molecule has 0 bridgehead atoms. The molecule has 0 saturated carbocycles. The van der Waals surface area contributed by atoms with Crippen molar-refractivity contribution in [1.82, 2.24) is 4.98 Å². The van der Waals surface area contributed by atoms with Crippen LogP contribution in [0.4, 0.5) is 10.9 Å². The molecule has 2 N–H and O–H groups in total. The molecule has 0 radical (unpaired) electrons. The van der Waals surface area contributed by atoms with Crippen molar-refractivity contribution in [3.8, 4) is 0 Å². The first-order valence-corrected chi connectivity index (χ1v) is 8.04. The Morgan fingerprint density at radius 2 is 2.05 bits per heavy atom. The minimum atomic E-state index is 0.0263. The number of anilines is 2. The largest absolute Gasteiger partial charge is 0.365 e. The van der Waals surface area contributed by atoms with Gasteiger partial charge in [-0.15, -0.1) is 0 Å². The Labute approximate surface area is 132 Å². The zero-order valence-corrected chi connectivity index (χ0v) is 12.9. The Morgan fingerprint density at radius 3 is 2.91 bits per heavy atom. The summed E-state index contributed by atoms with van der Waals surface area (Å²) in [6.45, 7) is 0. The summed E-state index contributed by atoms with van der Waals surface area (Å²) in [5.74, 6) is 0.788. The Bertz CT molecular complexity index is 866. The number of benzene rings is 2. The van der Waals surface area contributed by atoms with Crippen LogP contribution in [0.2, 0.25) is 0 Å². The minimum Gasteiger partial charge on any atom is -0.365 e. The van der Waals surface area contributed by atoms with Crippen LogP contribution < -0.4 is 10.6 Å². The molecule has 1 aliphatic rings. The molecule has 2 heterocycles. The van der Waals surface area contributed by atoms with Crippen LogP contribution in [0.25, 0.3) is 10.8 Å². The van der Waals surface area contributed by atoms with E-state index in [0.29, 0.717) is 12.2 Å². The maximum Gasteiger partial charge on any atom is 0.226 e. The number of nitrogens with one attached hydrogen (secondary N) is 2. The van der Waals surface area contributed by atoms with E-state index in [-0.39, 0.29) is 11.8 Å². The first-order valence-electron chi connectivity index (χ1n) is 7.22. The normalized spacial score (nSPS) is 17.1. The molecule has 4 nitrogen and oxygen atoms in total. The lowest BCUT2D eigenvalue weighted by Gasteiger charge is -2.22. The number of hydrogen-bond donors (Lipinski definition) is 2. The lowest BCUT2D eigenvalue weighted by atomic mass is 9.88. The molecular formula is C17H15N3OS. The van der Waals surface area contributed by atoms with Gasteiger partial charge in [0.1, 0.15) is 5.82 Å². The second kappa shape index (κ2) is 5.10. The van der Waals surface area contributed by atoms with Gasteiger partial charge in [-0.2, -0.15) is 0 Å². The molecule has 1 atom stereocenters. The third-order valence-corrected chi connectivity index (χ3v) is 5.22. The van der Waals surface area contributed by atoms with Crippen LogP contribution in [-0.2, 0) is 4.79 Å². The van der Waals surface area contributed by atoms with Crippen LogP contribution in [0.15, 0.2) is 42.5 Å². The summed E-state index contributed by atoms with van der Waals surface area (Å²) in [4.78, 5) is 17.7. The van der Waals surface area contributed by atoms with Gasteiger partial charge in [-0.1, -0.05) is 53.8 Å². The highest BCUT2D eigenvalue weighted by atomic mass is 32.1. The number of thiazole rings is 1. The predicted molar refractivity (Wildman–Crippen MR) is 90.7 cm³/mol. The van der Waals surface area contributed by atoms with Crippen molar-refractivity contribution in [3.63, 3.8) is 0 Å². The number of carbonyl (C=O) groups is 1. The molecule has 0 aliphatic carbocycles. The number of hydrogen-bond acceptors (Lipinski definition) is 4. The fourth-order valence-corrected chi connectivity index (χ4v) is 4.02. The van der Waals surface area contributed by atoms with Gasteiger partial charge in [0.05, 0.1) is 4.88 Å². The molecule has 110 valence electrons. The second-order valence-corrected chi connectivity index (χ2v) is 6.39. The van der Waals surface area contributed by atoms with Gasteiger partial charge in [0, 0.05) is 19.4 Å². The standard InChI is InChI=1S/C17H15N3OS/c1-18-17-20-16-15(22-17)13(9-14(21)19-16)12-8-4-6-10-5-2-3-7-11(10)12/h2-8,13H,9H2,1H3,(H,18,20)(H,19,21). The number of aromatic nitrogens is 1. The molecule has 0 fully saturated rings. The second-order valence-electron chi connectivity index (χ2n) is 5.36. The van der Waals surface area contributed by atoms with Gasteiger partial charge in [0.2, 0.25) is 5.91 Å². The topological polar surface area (TPSA) is 54.0 Å². The van der Waals surface area contributed by atoms with Crippen LogP contribution in [0.5, 0.6) is 0 Å². The highest BCUT2D eigenvalue weighted by Crippen LogP contribution is 2.43. The maximum absolute atomic E-state index is 12.1. The Morgan fingerprint density at radius 1 is 1.23 bits per heavy atom. The Hall–Kier alpha value is -2.40. The van der Waals surface area contributed by atoms with Crippen LogP contribution in [0.3, 0.4) is 0 Å². The number of fused-ring (bicyclic) bond motifs is 2. The minimum absolute atomic E-state index is 0.0263. The van der Waals surface area contributed by atoms with Crippen molar-refractivity contribution >= 4 is 39.0 Å². The fraction of sp³-hybridized carbons (Fsp3) is 0.176. The number of rotatable bonds is 2. The summed E-state index contributed by atoms with van der Waals surface area (Å²) in [6, 6.07) is 14.6.